The van der Waals surface area contributed by atoms with E-state index in [4.69, 9.17) is 28.9 Å². The number of hydrogen-bond donors (Lipinski definition) is 2. The summed E-state index contributed by atoms with van der Waals surface area (Å²) in [6.07, 6.45) is 1.66. The second-order valence-electron chi connectivity index (χ2n) is 3.93. The summed E-state index contributed by atoms with van der Waals surface area (Å²) in [6, 6.07) is 3.44. The van der Waals surface area contributed by atoms with Crippen LogP contribution in [0.1, 0.15) is 19.8 Å². The summed E-state index contributed by atoms with van der Waals surface area (Å²) in [5.74, 6) is -0.326. The zero-order chi connectivity index (χ0) is 13.7. The normalized spacial score (nSPS) is 12.3. The summed E-state index contributed by atoms with van der Waals surface area (Å²) < 4.78 is 0.691. The Kier molecular flexibility index (Phi) is 6.43. The van der Waals surface area contributed by atoms with Gasteiger partial charge in [0.1, 0.15) is 0 Å². The molecule has 0 spiro atoms. The monoisotopic (exact) mass is 352 g/mol. The van der Waals surface area contributed by atoms with Crippen LogP contribution in [0.5, 0.6) is 0 Å². The van der Waals surface area contributed by atoms with E-state index in [1.54, 1.807) is 12.1 Å². The smallest absolute Gasteiger partial charge is 0.228 e. The first-order valence-electron chi connectivity index (χ1n) is 5.65. The average molecular weight is 354 g/mol. The first-order valence-corrected chi connectivity index (χ1v) is 7.20. The summed E-state index contributed by atoms with van der Waals surface area (Å²) in [5, 5.41) is 3.47. The van der Waals surface area contributed by atoms with Crippen molar-refractivity contribution in [2.24, 2.45) is 11.7 Å². The van der Waals surface area contributed by atoms with Crippen molar-refractivity contribution in [2.75, 3.05) is 11.9 Å². The molecule has 0 fully saturated rings. The Balaban J connectivity index is 2.85. The van der Waals surface area contributed by atoms with Crippen LogP contribution < -0.4 is 11.1 Å². The number of nitrogens with one attached hydrogen (secondary N) is 1. The van der Waals surface area contributed by atoms with Gasteiger partial charge in [0, 0.05) is 11.0 Å². The SMILES string of the molecule is CCCC(CN)C(=O)Nc1ccc(Br)c(Cl)c1Cl. The summed E-state index contributed by atoms with van der Waals surface area (Å²) in [4.78, 5) is 12.0. The average Bonchev–Trinajstić information content (AvgIpc) is 2.36. The van der Waals surface area contributed by atoms with Crippen molar-refractivity contribution in [2.45, 2.75) is 19.8 Å². The summed E-state index contributed by atoms with van der Waals surface area (Å²) >= 11 is 15.3. The molecule has 0 radical (unpaired) electrons. The van der Waals surface area contributed by atoms with E-state index in [0.717, 1.165) is 12.8 Å². The quantitative estimate of drug-likeness (QED) is 0.784. The molecule has 18 heavy (non-hydrogen) atoms. The van der Waals surface area contributed by atoms with Crippen LogP contribution in [0.2, 0.25) is 10.0 Å². The molecule has 1 amide bonds. The van der Waals surface area contributed by atoms with Gasteiger partial charge in [-0.15, -0.1) is 0 Å². The van der Waals surface area contributed by atoms with Crippen molar-refractivity contribution in [3.05, 3.63) is 26.7 Å². The standard InChI is InChI=1S/C12H15BrCl2N2O/c1-2-3-7(6-16)12(18)17-9-5-4-8(13)10(14)11(9)15/h4-5,7H,2-3,6,16H2,1H3,(H,17,18). The molecule has 6 heteroatoms. The molecule has 0 aliphatic carbocycles. The molecule has 0 aromatic heterocycles. The Labute approximate surface area is 125 Å². The Hall–Kier alpha value is -0.290. The van der Waals surface area contributed by atoms with Crippen molar-refractivity contribution < 1.29 is 4.79 Å². The lowest BCUT2D eigenvalue weighted by Gasteiger charge is -2.15. The van der Waals surface area contributed by atoms with Gasteiger partial charge in [-0.3, -0.25) is 4.79 Å². The number of benzene rings is 1. The van der Waals surface area contributed by atoms with Crippen molar-refractivity contribution >= 4 is 50.7 Å². The fraction of sp³-hybridized carbons (Fsp3) is 0.417. The number of rotatable bonds is 5. The molecule has 0 heterocycles. The number of nitrogens with two attached hydrogens (primary N) is 1. The van der Waals surface area contributed by atoms with Crippen LogP contribution in [0.4, 0.5) is 5.69 Å². The van der Waals surface area contributed by atoms with E-state index in [1.165, 1.54) is 0 Å². The third kappa shape index (κ3) is 3.85. The minimum absolute atomic E-state index is 0.125. The van der Waals surface area contributed by atoms with Crippen LogP contribution in [0.25, 0.3) is 0 Å². The number of hydrogen-bond acceptors (Lipinski definition) is 2. The molecule has 3 N–H and O–H groups in total. The molecule has 0 bridgehead atoms. The fourth-order valence-corrected chi connectivity index (χ4v) is 2.38. The number of anilines is 1. The van der Waals surface area contributed by atoms with Crippen molar-refractivity contribution in [3.63, 3.8) is 0 Å². The van der Waals surface area contributed by atoms with E-state index in [0.29, 0.717) is 26.8 Å². The lowest BCUT2D eigenvalue weighted by molar-refractivity contribution is -0.119. The van der Waals surface area contributed by atoms with Crippen molar-refractivity contribution in [1.82, 2.24) is 0 Å². The Bertz CT molecular complexity index is 440. The minimum atomic E-state index is -0.200. The largest absolute Gasteiger partial charge is 0.330 e. The van der Waals surface area contributed by atoms with Gasteiger partial charge in [0.05, 0.1) is 21.7 Å². The van der Waals surface area contributed by atoms with Gasteiger partial charge in [0.2, 0.25) is 5.91 Å². The molecule has 1 unspecified atom stereocenters. The van der Waals surface area contributed by atoms with Crippen LogP contribution in [-0.4, -0.2) is 12.5 Å². The van der Waals surface area contributed by atoms with Gasteiger partial charge in [-0.25, -0.2) is 0 Å². The molecule has 0 aliphatic rings. The van der Waals surface area contributed by atoms with E-state index in [9.17, 15) is 4.79 Å². The van der Waals surface area contributed by atoms with Crippen molar-refractivity contribution in [1.29, 1.82) is 0 Å². The molecular formula is C12H15BrCl2N2O. The number of carbonyl (C=O) groups excluding carboxylic acids is 1. The van der Waals surface area contributed by atoms with E-state index >= 15 is 0 Å². The first kappa shape index (κ1) is 15.8. The Morgan fingerprint density at radius 2 is 2.11 bits per heavy atom. The van der Waals surface area contributed by atoms with Gasteiger partial charge >= 0.3 is 0 Å². The highest BCUT2D eigenvalue weighted by Gasteiger charge is 2.18. The highest BCUT2D eigenvalue weighted by Crippen LogP contribution is 2.36. The lowest BCUT2D eigenvalue weighted by Crippen LogP contribution is -2.29. The van der Waals surface area contributed by atoms with Crippen LogP contribution in [0, 0.1) is 5.92 Å². The Morgan fingerprint density at radius 1 is 1.44 bits per heavy atom. The van der Waals surface area contributed by atoms with Crippen LogP contribution in [0.15, 0.2) is 16.6 Å². The molecule has 1 aromatic carbocycles. The maximum Gasteiger partial charge on any atom is 0.228 e. The predicted molar refractivity (Wildman–Crippen MR) is 80.2 cm³/mol. The molecule has 3 nitrogen and oxygen atoms in total. The maximum atomic E-state index is 12.0. The summed E-state index contributed by atoms with van der Waals surface area (Å²) in [6.45, 7) is 2.33. The van der Waals surface area contributed by atoms with Crippen LogP contribution >= 0.6 is 39.1 Å². The lowest BCUT2D eigenvalue weighted by atomic mass is 10.0. The van der Waals surface area contributed by atoms with Crippen molar-refractivity contribution in [3.8, 4) is 0 Å². The van der Waals surface area contributed by atoms with E-state index in [1.807, 2.05) is 6.92 Å². The van der Waals surface area contributed by atoms with Gasteiger partial charge in [-0.1, -0.05) is 36.5 Å². The number of amides is 1. The fourth-order valence-electron chi connectivity index (χ4n) is 1.56. The van der Waals surface area contributed by atoms with E-state index in [-0.39, 0.29) is 11.8 Å². The van der Waals surface area contributed by atoms with Crippen LogP contribution in [0.3, 0.4) is 0 Å². The highest BCUT2D eigenvalue weighted by atomic mass is 79.9. The maximum absolute atomic E-state index is 12.0. The molecule has 0 saturated carbocycles. The third-order valence-electron chi connectivity index (χ3n) is 2.59. The molecule has 0 saturated heterocycles. The molecule has 100 valence electrons. The Morgan fingerprint density at radius 3 is 2.67 bits per heavy atom. The van der Waals surface area contributed by atoms with Gasteiger partial charge in [-0.2, -0.15) is 0 Å². The van der Waals surface area contributed by atoms with Gasteiger partial charge in [0.15, 0.2) is 0 Å². The minimum Gasteiger partial charge on any atom is -0.330 e. The summed E-state index contributed by atoms with van der Waals surface area (Å²) in [7, 11) is 0. The predicted octanol–water partition coefficient (Wildman–Crippen LogP) is 4.07. The van der Waals surface area contributed by atoms with Gasteiger partial charge in [-0.05, 0) is 34.5 Å². The summed E-state index contributed by atoms with van der Waals surface area (Å²) in [5.41, 5.74) is 6.08. The zero-order valence-corrected chi connectivity index (χ0v) is 13.1. The number of carbonyl (C=O) groups is 1. The van der Waals surface area contributed by atoms with Gasteiger partial charge in [0.25, 0.3) is 0 Å². The van der Waals surface area contributed by atoms with Gasteiger partial charge < -0.3 is 11.1 Å². The van der Waals surface area contributed by atoms with E-state index < -0.39 is 0 Å². The molecule has 1 rings (SSSR count). The molecule has 0 aliphatic heterocycles. The molecular weight excluding hydrogens is 339 g/mol. The second-order valence-corrected chi connectivity index (χ2v) is 5.54. The highest BCUT2D eigenvalue weighted by molar-refractivity contribution is 9.10. The molecule has 1 aromatic rings. The third-order valence-corrected chi connectivity index (χ3v) is 4.36. The topological polar surface area (TPSA) is 55.1 Å². The van der Waals surface area contributed by atoms with Crippen LogP contribution in [-0.2, 0) is 4.79 Å². The molecule has 1 atom stereocenters. The second kappa shape index (κ2) is 7.34. The zero-order valence-electron chi connectivity index (χ0n) is 9.97. The van der Waals surface area contributed by atoms with E-state index in [2.05, 4.69) is 21.2 Å². The number of halogens is 3. The first-order chi connectivity index (χ1) is 8.51.